The van der Waals surface area contributed by atoms with E-state index < -0.39 is 11.5 Å². The van der Waals surface area contributed by atoms with Crippen LogP contribution in [0, 0.1) is 11.3 Å². The summed E-state index contributed by atoms with van der Waals surface area (Å²) in [5.41, 5.74) is -0.438. The van der Waals surface area contributed by atoms with Crippen LogP contribution in [-0.2, 0) is 4.79 Å². The number of nitrogens with zero attached hydrogens (tertiary/aromatic N) is 1. The third-order valence-electron chi connectivity index (χ3n) is 4.20. The molecule has 0 spiro atoms. The van der Waals surface area contributed by atoms with Crippen molar-refractivity contribution in [3.63, 3.8) is 0 Å². The lowest BCUT2D eigenvalue weighted by atomic mass is 9.90. The molecule has 0 heterocycles. The fraction of sp³-hybridized carbons (Fsp3) is 0.923. The van der Waals surface area contributed by atoms with Crippen LogP contribution in [0.5, 0.6) is 0 Å². The van der Waals surface area contributed by atoms with Crippen molar-refractivity contribution in [1.82, 2.24) is 4.90 Å². The lowest BCUT2D eigenvalue weighted by Crippen LogP contribution is -2.53. The van der Waals surface area contributed by atoms with Gasteiger partial charge in [-0.1, -0.05) is 20.8 Å². The highest BCUT2D eigenvalue weighted by atomic mass is 16.4. The Kier molecular flexibility index (Phi) is 3.39. The minimum absolute atomic E-state index is 0.340. The van der Waals surface area contributed by atoms with Crippen molar-refractivity contribution in [3.8, 4) is 0 Å². The third-order valence-corrected chi connectivity index (χ3v) is 4.20. The summed E-state index contributed by atoms with van der Waals surface area (Å²) in [5, 5.41) is 9.25. The van der Waals surface area contributed by atoms with Gasteiger partial charge < -0.3 is 5.11 Å². The van der Waals surface area contributed by atoms with Crippen molar-refractivity contribution >= 4 is 5.97 Å². The Hall–Kier alpha value is -0.570. The summed E-state index contributed by atoms with van der Waals surface area (Å²) in [4.78, 5) is 13.3. The molecule has 3 nitrogen and oxygen atoms in total. The lowest BCUT2D eigenvalue weighted by Gasteiger charge is -2.38. The first-order valence-corrected chi connectivity index (χ1v) is 6.04. The zero-order chi connectivity index (χ0) is 12.7. The predicted molar refractivity (Wildman–Crippen MR) is 65.4 cm³/mol. The van der Waals surface area contributed by atoms with Gasteiger partial charge in [0.05, 0.1) is 0 Å². The van der Waals surface area contributed by atoms with Gasteiger partial charge >= 0.3 is 5.97 Å². The maximum atomic E-state index is 11.2. The van der Waals surface area contributed by atoms with E-state index in [1.807, 2.05) is 11.9 Å². The molecule has 2 atom stereocenters. The van der Waals surface area contributed by atoms with Crippen LogP contribution in [0.25, 0.3) is 0 Å². The smallest absolute Gasteiger partial charge is 0.323 e. The van der Waals surface area contributed by atoms with E-state index in [2.05, 4.69) is 20.8 Å². The Morgan fingerprint density at radius 1 is 1.38 bits per heavy atom. The van der Waals surface area contributed by atoms with Gasteiger partial charge in [0.15, 0.2) is 0 Å². The van der Waals surface area contributed by atoms with E-state index in [-0.39, 0.29) is 0 Å². The SMILES string of the molecule is CC1CC(C)(C)CC1N(C)C(C)(C)C(=O)O. The summed E-state index contributed by atoms with van der Waals surface area (Å²) in [5.74, 6) is -0.175. The number of carboxylic acid groups (broad SMARTS) is 1. The molecule has 16 heavy (non-hydrogen) atoms. The molecule has 0 aromatic carbocycles. The highest BCUT2D eigenvalue weighted by molar-refractivity contribution is 5.77. The van der Waals surface area contributed by atoms with Crippen LogP contribution in [-0.4, -0.2) is 34.6 Å². The molecular formula is C13H25NO2. The number of hydrogen-bond donors (Lipinski definition) is 1. The van der Waals surface area contributed by atoms with Gasteiger partial charge in [-0.25, -0.2) is 0 Å². The topological polar surface area (TPSA) is 40.5 Å². The van der Waals surface area contributed by atoms with Crippen molar-refractivity contribution < 1.29 is 9.90 Å². The van der Waals surface area contributed by atoms with Crippen molar-refractivity contribution in [1.29, 1.82) is 0 Å². The number of hydrogen-bond acceptors (Lipinski definition) is 2. The first kappa shape index (κ1) is 13.5. The van der Waals surface area contributed by atoms with Gasteiger partial charge in [-0.3, -0.25) is 9.69 Å². The van der Waals surface area contributed by atoms with Crippen LogP contribution in [0.3, 0.4) is 0 Å². The zero-order valence-corrected chi connectivity index (χ0v) is 11.4. The summed E-state index contributed by atoms with van der Waals surface area (Å²) in [6, 6.07) is 0.376. The molecule has 0 aliphatic heterocycles. The average molecular weight is 227 g/mol. The van der Waals surface area contributed by atoms with E-state index in [4.69, 9.17) is 0 Å². The molecule has 2 unspecified atom stereocenters. The molecule has 0 saturated heterocycles. The first-order chi connectivity index (χ1) is 7.08. The van der Waals surface area contributed by atoms with E-state index in [0.29, 0.717) is 17.4 Å². The maximum absolute atomic E-state index is 11.2. The Labute approximate surface area is 98.8 Å². The molecule has 1 saturated carbocycles. The second-order valence-electron chi connectivity index (χ2n) is 6.59. The van der Waals surface area contributed by atoms with E-state index in [0.717, 1.165) is 6.42 Å². The van der Waals surface area contributed by atoms with Crippen LogP contribution < -0.4 is 0 Å². The Balaban J connectivity index is 2.83. The van der Waals surface area contributed by atoms with Crippen LogP contribution in [0.15, 0.2) is 0 Å². The van der Waals surface area contributed by atoms with Gasteiger partial charge in [0.1, 0.15) is 5.54 Å². The summed E-state index contributed by atoms with van der Waals surface area (Å²) in [6.07, 6.45) is 2.26. The predicted octanol–water partition coefficient (Wildman–Crippen LogP) is 2.61. The lowest BCUT2D eigenvalue weighted by molar-refractivity contribution is -0.150. The summed E-state index contributed by atoms with van der Waals surface area (Å²) in [6.45, 7) is 10.3. The molecule has 0 bridgehead atoms. The Bertz CT molecular complexity index is 284. The zero-order valence-electron chi connectivity index (χ0n) is 11.4. The minimum atomic E-state index is -0.778. The molecule has 0 aromatic rings. The number of likely N-dealkylation sites (N-methyl/N-ethyl adjacent to an activating group) is 1. The molecule has 1 rings (SSSR count). The molecule has 0 aromatic heterocycles. The molecule has 1 aliphatic carbocycles. The quantitative estimate of drug-likeness (QED) is 0.805. The first-order valence-electron chi connectivity index (χ1n) is 6.04. The molecule has 1 N–H and O–H groups in total. The largest absolute Gasteiger partial charge is 0.480 e. The Morgan fingerprint density at radius 3 is 2.19 bits per heavy atom. The monoisotopic (exact) mass is 227 g/mol. The molecule has 3 heteroatoms. The highest BCUT2D eigenvalue weighted by Gasteiger charge is 2.44. The average Bonchev–Trinajstić information content (AvgIpc) is 2.38. The van der Waals surface area contributed by atoms with Crippen molar-refractivity contribution in [2.24, 2.45) is 11.3 Å². The fourth-order valence-electron chi connectivity index (χ4n) is 2.94. The number of rotatable bonds is 3. The standard InChI is InChI=1S/C13H25NO2/c1-9-7-12(2,3)8-10(9)14(6)13(4,5)11(15)16/h9-10H,7-8H2,1-6H3,(H,15,16). The molecule has 1 aliphatic rings. The Morgan fingerprint density at radius 2 is 1.88 bits per heavy atom. The van der Waals surface area contributed by atoms with Crippen molar-refractivity contribution in [3.05, 3.63) is 0 Å². The maximum Gasteiger partial charge on any atom is 0.323 e. The molecule has 94 valence electrons. The van der Waals surface area contributed by atoms with Gasteiger partial charge in [0.2, 0.25) is 0 Å². The fourth-order valence-corrected chi connectivity index (χ4v) is 2.94. The number of carboxylic acids is 1. The van der Waals surface area contributed by atoms with E-state index in [1.165, 1.54) is 6.42 Å². The molecule has 0 radical (unpaired) electrons. The van der Waals surface area contributed by atoms with Gasteiger partial charge in [0.25, 0.3) is 0 Å². The van der Waals surface area contributed by atoms with Crippen LogP contribution in [0.1, 0.15) is 47.5 Å². The van der Waals surface area contributed by atoms with Crippen LogP contribution >= 0.6 is 0 Å². The number of aliphatic carboxylic acids is 1. The van der Waals surface area contributed by atoms with E-state index >= 15 is 0 Å². The highest BCUT2D eigenvalue weighted by Crippen LogP contribution is 2.44. The van der Waals surface area contributed by atoms with Gasteiger partial charge in [-0.15, -0.1) is 0 Å². The van der Waals surface area contributed by atoms with Crippen molar-refractivity contribution in [2.75, 3.05) is 7.05 Å². The minimum Gasteiger partial charge on any atom is -0.480 e. The van der Waals surface area contributed by atoms with Crippen LogP contribution in [0.4, 0.5) is 0 Å². The van der Waals surface area contributed by atoms with Crippen LogP contribution in [0.2, 0.25) is 0 Å². The number of carbonyl (C=O) groups is 1. The van der Waals surface area contributed by atoms with Gasteiger partial charge in [0, 0.05) is 6.04 Å². The summed E-state index contributed by atoms with van der Waals surface area (Å²) in [7, 11) is 1.94. The second-order valence-corrected chi connectivity index (χ2v) is 6.59. The summed E-state index contributed by atoms with van der Waals surface area (Å²) < 4.78 is 0. The normalized spacial score (nSPS) is 29.7. The molecule has 1 fully saturated rings. The van der Waals surface area contributed by atoms with E-state index in [1.54, 1.807) is 13.8 Å². The molecule has 0 amide bonds. The third kappa shape index (κ3) is 2.40. The molecular weight excluding hydrogens is 202 g/mol. The van der Waals surface area contributed by atoms with Crippen molar-refractivity contribution in [2.45, 2.75) is 59.0 Å². The summed E-state index contributed by atoms with van der Waals surface area (Å²) >= 11 is 0. The van der Waals surface area contributed by atoms with Gasteiger partial charge in [-0.2, -0.15) is 0 Å². The van der Waals surface area contributed by atoms with E-state index in [9.17, 15) is 9.90 Å². The second kappa shape index (κ2) is 4.02. The van der Waals surface area contributed by atoms with Gasteiger partial charge in [-0.05, 0) is 45.1 Å².